The smallest absolute Gasteiger partial charge is 0.270 e. The normalized spacial score (nSPS) is 19.1. The highest BCUT2D eigenvalue weighted by atomic mass is 32.2. The summed E-state index contributed by atoms with van der Waals surface area (Å²) in [7, 11) is -3.83. The summed E-state index contributed by atoms with van der Waals surface area (Å²) in [6.07, 6.45) is 1.52. The van der Waals surface area contributed by atoms with Crippen LogP contribution in [0.4, 0.5) is 11.4 Å². The SMILES string of the molecule is CC1(C)CCCN1S(=O)(=O)c1cc([N+](=O)[O-])ccc1N. The van der Waals surface area contributed by atoms with E-state index in [0.717, 1.165) is 18.9 Å². The minimum Gasteiger partial charge on any atom is -0.398 e. The lowest BCUT2D eigenvalue weighted by atomic mass is 10.0. The molecule has 20 heavy (non-hydrogen) atoms. The molecule has 1 heterocycles. The van der Waals surface area contributed by atoms with E-state index < -0.39 is 20.5 Å². The number of rotatable bonds is 3. The van der Waals surface area contributed by atoms with Gasteiger partial charge in [-0.3, -0.25) is 10.1 Å². The molecule has 8 heteroatoms. The highest BCUT2D eigenvalue weighted by Crippen LogP contribution is 2.36. The Morgan fingerprint density at radius 1 is 1.40 bits per heavy atom. The van der Waals surface area contributed by atoms with Crippen molar-refractivity contribution in [3.63, 3.8) is 0 Å². The van der Waals surface area contributed by atoms with Gasteiger partial charge in [-0.05, 0) is 32.8 Å². The summed E-state index contributed by atoms with van der Waals surface area (Å²) in [6.45, 7) is 4.08. The fourth-order valence-electron chi connectivity index (χ4n) is 2.51. The van der Waals surface area contributed by atoms with Gasteiger partial charge in [0.1, 0.15) is 4.90 Å². The molecule has 0 aromatic heterocycles. The fourth-order valence-corrected chi connectivity index (χ4v) is 4.49. The predicted octanol–water partition coefficient (Wildman–Crippen LogP) is 1.74. The molecule has 110 valence electrons. The number of nitrogens with zero attached hydrogens (tertiary/aromatic N) is 2. The van der Waals surface area contributed by atoms with E-state index >= 15 is 0 Å². The highest BCUT2D eigenvalue weighted by molar-refractivity contribution is 7.89. The average molecular weight is 299 g/mol. The Morgan fingerprint density at radius 3 is 2.55 bits per heavy atom. The summed E-state index contributed by atoms with van der Waals surface area (Å²) in [5.74, 6) is 0. The average Bonchev–Trinajstić information content (AvgIpc) is 2.69. The Hall–Kier alpha value is -1.67. The molecular weight excluding hydrogens is 282 g/mol. The van der Waals surface area contributed by atoms with Crippen LogP contribution in [0.15, 0.2) is 23.1 Å². The van der Waals surface area contributed by atoms with Crippen LogP contribution in [-0.4, -0.2) is 29.7 Å². The van der Waals surface area contributed by atoms with Crippen molar-refractivity contribution < 1.29 is 13.3 Å². The van der Waals surface area contributed by atoms with Gasteiger partial charge in [-0.25, -0.2) is 8.42 Å². The second-order valence-corrected chi connectivity index (χ2v) is 7.30. The Morgan fingerprint density at radius 2 is 2.05 bits per heavy atom. The van der Waals surface area contributed by atoms with Crippen LogP contribution in [0.2, 0.25) is 0 Å². The first-order valence-corrected chi connectivity index (χ1v) is 7.67. The number of nitrogen functional groups attached to an aromatic ring is 1. The minimum atomic E-state index is -3.83. The number of hydrogen-bond acceptors (Lipinski definition) is 5. The largest absolute Gasteiger partial charge is 0.398 e. The summed E-state index contributed by atoms with van der Waals surface area (Å²) in [6, 6.07) is 3.48. The number of benzene rings is 1. The van der Waals surface area contributed by atoms with E-state index in [1.165, 1.54) is 16.4 Å². The lowest BCUT2D eigenvalue weighted by Crippen LogP contribution is -2.42. The number of non-ortho nitro benzene ring substituents is 1. The second kappa shape index (κ2) is 4.71. The summed E-state index contributed by atoms with van der Waals surface area (Å²) < 4.78 is 26.7. The molecular formula is C12H17N3O4S. The van der Waals surface area contributed by atoms with E-state index in [9.17, 15) is 18.5 Å². The van der Waals surface area contributed by atoms with E-state index in [-0.39, 0.29) is 16.3 Å². The van der Waals surface area contributed by atoms with E-state index in [4.69, 9.17) is 5.73 Å². The molecule has 0 amide bonds. The maximum atomic E-state index is 12.7. The molecule has 1 aromatic carbocycles. The summed E-state index contributed by atoms with van der Waals surface area (Å²) in [5.41, 5.74) is 4.94. The quantitative estimate of drug-likeness (QED) is 0.519. The van der Waals surface area contributed by atoms with Crippen molar-refractivity contribution in [2.75, 3.05) is 12.3 Å². The molecule has 0 atom stereocenters. The van der Waals surface area contributed by atoms with Crippen molar-refractivity contribution in [2.24, 2.45) is 0 Å². The van der Waals surface area contributed by atoms with Crippen LogP contribution < -0.4 is 5.73 Å². The van der Waals surface area contributed by atoms with Crippen LogP contribution in [0, 0.1) is 10.1 Å². The number of nitrogens with two attached hydrogens (primary N) is 1. The van der Waals surface area contributed by atoms with Gasteiger partial charge in [0.2, 0.25) is 10.0 Å². The third-order valence-corrected chi connectivity index (χ3v) is 5.77. The van der Waals surface area contributed by atoms with Crippen LogP contribution in [0.5, 0.6) is 0 Å². The van der Waals surface area contributed by atoms with Gasteiger partial charge in [0.05, 0.1) is 10.6 Å². The summed E-state index contributed by atoms with van der Waals surface area (Å²) >= 11 is 0. The number of nitro groups is 1. The second-order valence-electron chi connectivity index (χ2n) is 5.47. The Kier molecular flexibility index (Phi) is 3.47. The molecule has 7 nitrogen and oxygen atoms in total. The summed E-state index contributed by atoms with van der Waals surface area (Å²) in [5, 5.41) is 10.8. The minimum absolute atomic E-state index is 0.0262. The Balaban J connectivity index is 2.55. The molecule has 1 aromatic rings. The Bertz CT molecular complexity index is 655. The maximum Gasteiger partial charge on any atom is 0.270 e. The third kappa shape index (κ3) is 2.36. The van der Waals surface area contributed by atoms with Crippen molar-refractivity contribution in [3.8, 4) is 0 Å². The van der Waals surface area contributed by atoms with Crippen molar-refractivity contribution in [1.29, 1.82) is 0 Å². The van der Waals surface area contributed by atoms with Gasteiger partial charge < -0.3 is 5.73 Å². The fraction of sp³-hybridized carbons (Fsp3) is 0.500. The van der Waals surface area contributed by atoms with Crippen LogP contribution >= 0.6 is 0 Å². The maximum absolute atomic E-state index is 12.7. The molecule has 0 radical (unpaired) electrons. The van der Waals surface area contributed by atoms with E-state index in [2.05, 4.69) is 0 Å². The zero-order chi connectivity index (χ0) is 15.1. The molecule has 1 saturated heterocycles. The van der Waals surface area contributed by atoms with Crippen LogP contribution in [0.3, 0.4) is 0 Å². The molecule has 0 bridgehead atoms. The van der Waals surface area contributed by atoms with Crippen molar-refractivity contribution in [3.05, 3.63) is 28.3 Å². The lowest BCUT2D eigenvalue weighted by molar-refractivity contribution is -0.385. The first-order chi connectivity index (χ1) is 9.16. The first-order valence-electron chi connectivity index (χ1n) is 6.23. The molecule has 0 spiro atoms. The van der Waals surface area contributed by atoms with E-state index in [0.29, 0.717) is 6.54 Å². The summed E-state index contributed by atoms with van der Waals surface area (Å²) in [4.78, 5) is 9.97. The van der Waals surface area contributed by atoms with Crippen molar-refractivity contribution in [2.45, 2.75) is 37.1 Å². The molecule has 1 aliphatic heterocycles. The van der Waals surface area contributed by atoms with E-state index in [1.54, 1.807) is 0 Å². The van der Waals surface area contributed by atoms with Crippen LogP contribution in [0.25, 0.3) is 0 Å². The topological polar surface area (TPSA) is 107 Å². The predicted molar refractivity (Wildman–Crippen MR) is 74.7 cm³/mol. The van der Waals surface area contributed by atoms with Crippen LogP contribution in [0.1, 0.15) is 26.7 Å². The zero-order valence-electron chi connectivity index (χ0n) is 11.4. The van der Waals surface area contributed by atoms with Gasteiger partial charge in [-0.2, -0.15) is 4.31 Å². The van der Waals surface area contributed by atoms with Crippen molar-refractivity contribution in [1.82, 2.24) is 4.31 Å². The van der Waals surface area contributed by atoms with Crippen molar-refractivity contribution >= 4 is 21.4 Å². The first kappa shape index (κ1) is 14.7. The van der Waals surface area contributed by atoms with E-state index in [1.807, 2.05) is 13.8 Å². The molecule has 0 aliphatic carbocycles. The highest BCUT2D eigenvalue weighted by Gasteiger charge is 2.41. The standard InChI is InChI=1S/C12H17N3O4S/c1-12(2)6-3-7-14(12)20(18,19)11-8-9(15(16)17)4-5-10(11)13/h4-5,8H,3,6-7,13H2,1-2H3. The monoisotopic (exact) mass is 299 g/mol. The number of sulfonamides is 1. The molecule has 1 aliphatic rings. The van der Waals surface area contributed by atoms with Gasteiger partial charge in [-0.15, -0.1) is 0 Å². The van der Waals surface area contributed by atoms with Gasteiger partial charge in [0.25, 0.3) is 5.69 Å². The van der Waals surface area contributed by atoms with Gasteiger partial charge in [0, 0.05) is 24.2 Å². The van der Waals surface area contributed by atoms with Gasteiger partial charge in [0.15, 0.2) is 0 Å². The number of anilines is 1. The number of hydrogen-bond donors (Lipinski definition) is 1. The molecule has 2 N–H and O–H groups in total. The zero-order valence-corrected chi connectivity index (χ0v) is 12.2. The molecule has 0 saturated carbocycles. The third-order valence-electron chi connectivity index (χ3n) is 3.60. The molecule has 0 unspecified atom stereocenters. The van der Waals surface area contributed by atoms with Gasteiger partial charge >= 0.3 is 0 Å². The number of nitro benzene ring substituents is 1. The Labute approximate surface area is 117 Å². The van der Waals surface area contributed by atoms with Gasteiger partial charge in [-0.1, -0.05) is 0 Å². The lowest BCUT2D eigenvalue weighted by Gasteiger charge is -2.30. The molecule has 2 rings (SSSR count). The van der Waals surface area contributed by atoms with Crippen LogP contribution in [-0.2, 0) is 10.0 Å². The molecule has 1 fully saturated rings.